The third-order valence-corrected chi connectivity index (χ3v) is 6.49. The average molecular weight is 465 g/mol. The van der Waals surface area contributed by atoms with Crippen molar-refractivity contribution in [2.45, 2.75) is 43.1 Å². The number of amides is 3. The number of benzene rings is 2. The molecule has 0 aliphatic carbocycles. The minimum Gasteiger partial charge on any atom is -0.308 e. The number of nitrogens with one attached hydrogen (secondary N) is 2. The summed E-state index contributed by atoms with van der Waals surface area (Å²) in [5, 5.41) is 14.0. The number of nitrogens with zero attached hydrogens (tertiary/aromatic N) is 4. The summed E-state index contributed by atoms with van der Waals surface area (Å²) in [7, 11) is 0. The fraction of sp³-hybridized carbons (Fsp3) is 0.333. The first kappa shape index (κ1) is 23.0. The second-order valence-electron chi connectivity index (χ2n) is 7.98. The molecule has 1 aromatic heterocycles. The Morgan fingerprint density at radius 2 is 1.64 bits per heavy atom. The molecule has 8 nitrogen and oxygen atoms in total. The maximum atomic E-state index is 12.7. The van der Waals surface area contributed by atoms with Gasteiger partial charge in [0.15, 0.2) is 11.0 Å². The van der Waals surface area contributed by atoms with Crippen molar-refractivity contribution < 1.29 is 9.59 Å². The number of carbonyl (C=O) groups is 2. The lowest BCUT2D eigenvalue weighted by molar-refractivity contribution is -0.119. The lowest BCUT2D eigenvalue weighted by Crippen LogP contribution is -2.39. The van der Waals surface area contributed by atoms with Crippen LogP contribution in [0.15, 0.2) is 65.8 Å². The van der Waals surface area contributed by atoms with Crippen molar-refractivity contribution in [1.29, 1.82) is 0 Å². The Morgan fingerprint density at radius 3 is 2.33 bits per heavy atom. The number of carbonyl (C=O) groups excluding carboxylic acids is 2. The van der Waals surface area contributed by atoms with Crippen LogP contribution in [-0.2, 0) is 11.3 Å². The normalized spacial score (nSPS) is 15.1. The van der Waals surface area contributed by atoms with Gasteiger partial charge in [0.2, 0.25) is 5.91 Å². The topological polar surface area (TPSA) is 92.2 Å². The zero-order valence-corrected chi connectivity index (χ0v) is 19.4. The molecule has 1 atom stereocenters. The highest BCUT2D eigenvalue weighted by molar-refractivity contribution is 8.00. The molecular weight excluding hydrogens is 436 g/mol. The van der Waals surface area contributed by atoms with Gasteiger partial charge in [-0.3, -0.25) is 19.6 Å². The molecule has 1 aliphatic rings. The molecule has 1 aliphatic heterocycles. The number of rotatable bonds is 7. The SMILES string of the molecule is CC(Sc1nnc(CN2CCCCC2)n1-c1ccccc1)C(=O)NC(=O)Nc1ccccc1. The second-order valence-corrected chi connectivity index (χ2v) is 9.28. The molecule has 2 heterocycles. The molecule has 2 N–H and O–H groups in total. The Morgan fingerprint density at radius 1 is 0.970 bits per heavy atom. The minimum absolute atomic E-state index is 0.395. The van der Waals surface area contributed by atoms with Gasteiger partial charge in [0.1, 0.15) is 0 Å². The smallest absolute Gasteiger partial charge is 0.308 e. The van der Waals surface area contributed by atoms with Gasteiger partial charge in [-0.1, -0.05) is 54.6 Å². The monoisotopic (exact) mass is 464 g/mol. The van der Waals surface area contributed by atoms with Crippen LogP contribution < -0.4 is 10.6 Å². The molecule has 1 fully saturated rings. The highest BCUT2D eigenvalue weighted by Gasteiger charge is 2.23. The predicted molar refractivity (Wildman–Crippen MR) is 129 cm³/mol. The van der Waals surface area contributed by atoms with Gasteiger partial charge in [0, 0.05) is 11.4 Å². The van der Waals surface area contributed by atoms with Crippen LogP contribution in [0.25, 0.3) is 5.69 Å². The lowest BCUT2D eigenvalue weighted by atomic mass is 10.1. The summed E-state index contributed by atoms with van der Waals surface area (Å²) in [5.74, 6) is 0.452. The van der Waals surface area contributed by atoms with Crippen LogP contribution in [0.1, 0.15) is 32.0 Å². The van der Waals surface area contributed by atoms with E-state index in [2.05, 4.69) is 25.7 Å². The highest BCUT2D eigenvalue weighted by Crippen LogP contribution is 2.27. The average Bonchev–Trinajstić information content (AvgIpc) is 3.22. The Bertz CT molecular complexity index is 1070. The van der Waals surface area contributed by atoms with Gasteiger partial charge in [-0.25, -0.2) is 4.79 Å². The van der Waals surface area contributed by atoms with Crippen molar-refractivity contribution in [3.8, 4) is 5.69 Å². The van der Waals surface area contributed by atoms with Crippen LogP contribution in [0.4, 0.5) is 10.5 Å². The maximum absolute atomic E-state index is 12.7. The van der Waals surface area contributed by atoms with Crippen molar-refractivity contribution in [2.24, 2.45) is 0 Å². The summed E-state index contributed by atoms with van der Waals surface area (Å²) in [6.45, 7) is 4.57. The number of thioether (sulfide) groups is 1. The van der Waals surface area contributed by atoms with Crippen molar-refractivity contribution in [3.63, 3.8) is 0 Å². The molecule has 4 rings (SSSR count). The molecule has 3 aromatic rings. The highest BCUT2D eigenvalue weighted by atomic mass is 32.2. The van der Waals surface area contributed by atoms with Crippen LogP contribution >= 0.6 is 11.8 Å². The van der Waals surface area contributed by atoms with Crippen LogP contribution in [-0.4, -0.2) is 49.9 Å². The summed E-state index contributed by atoms with van der Waals surface area (Å²) in [5.41, 5.74) is 1.57. The fourth-order valence-electron chi connectivity index (χ4n) is 3.74. The summed E-state index contributed by atoms with van der Waals surface area (Å²) in [6, 6.07) is 18.4. The zero-order chi connectivity index (χ0) is 23.0. The Kier molecular flexibility index (Phi) is 7.74. The van der Waals surface area contributed by atoms with E-state index < -0.39 is 17.2 Å². The molecule has 0 radical (unpaired) electrons. The number of urea groups is 1. The Balaban J connectivity index is 1.46. The van der Waals surface area contributed by atoms with Gasteiger partial charge >= 0.3 is 6.03 Å². The largest absolute Gasteiger partial charge is 0.325 e. The second kappa shape index (κ2) is 11.1. The van der Waals surface area contributed by atoms with E-state index >= 15 is 0 Å². The third kappa shape index (κ3) is 6.21. The molecule has 2 aromatic carbocycles. The van der Waals surface area contributed by atoms with E-state index in [0.29, 0.717) is 17.4 Å². The summed E-state index contributed by atoms with van der Waals surface area (Å²) < 4.78 is 2.01. The van der Waals surface area contributed by atoms with Gasteiger partial charge in [-0.15, -0.1) is 10.2 Å². The Hall–Kier alpha value is -3.17. The minimum atomic E-state index is -0.561. The van der Waals surface area contributed by atoms with Crippen LogP contribution in [0, 0.1) is 0 Å². The summed E-state index contributed by atoms with van der Waals surface area (Å²) in [6.07, 6.45) is 3.67. The van der Waals surface area contributed by atoms with Crippen LogP contribution in [0.5, 0.6) is 0 Å². The molecular formula is C24H28N6O2S. The van der Waals surface area contributed by atoms with Crippen molar-refractivity contribution in [3.05, 3.63) is 66.5 Å². The van der Waals surface area contributed by atoms with E-state index in [1.165, 1.54) is 31.0 Å². The third-order valence-electron chi connectivity index (χ3n) is 5.45. The van der Waals surface area contributed by atoms with E-state index in [0.717, 1.165) is 24.6 Å². The first-order chi connectivity index (χ1) is 16.1. The van der Waals surface area contributed by atoms with Crippen LogP contribution in [0.3, 0.4) is 0 Å². The number of hydrogen-bond acceptors (Lipinski definition) is 6. The first-order valence-electron chi connectivity index (χ1n) is 11.2. The first-order valence-corrected chi connectivity index (χ1v) is 12.0. The maximum Gasteiger partial charge on any atom is 0.325 e. The summed E-state index contributed by atoms with van der Waals surface area (Å²) >= 11 is 1.28. The quantitative estimate of drug-likeness (QED) is 0.512. The fourth-order valence-corrected chi connectivity index (χ4v) is 4.63. The van der Waals surface area contributed by atoms with Gasteiger partial charge < -0.3 is 5.32 Å². The standard InChI is InChI=1S/C24H28N6O2S/c1-18(22(31)26-23(32)25-19-11-5-2-6-12-19)33-24-28-27-21(17-29-15-9-4-10-16-29)30(24)20-13-7-3-8-14-20/h2-3,5-8,11-14,18H,4,9-10,15-17H2,1H3,(H2,25,26,31,32). The van der Waals surface area contributed by atoms with E-state index in [-0.39, 0.29) is 0 Å². The van der Waals surface area contributed by atoms with Crippen molar-refractivity contribution in [1.82, 2.24) is 25.0 Å². The predicted octanol–water partition coefficient (Wildman–Crippen LogP) is 4.08. The van der Waals surface area contributed by atoms with E-state index in [1.807, 2.05) is 53.1 Å². The molecule has 1 unspecified atom stereocenters. The number of anilines is 1. The number of likely N-dealkylation sites (tertiary alicyclic amines) is 1. The van der Waals surface area contributed by atoms with Gasteiger partial charge in [-0.05, 0) is 57.1 Å². The Labute approximate surface area is 197 Å². The number of aromatic nitrogens is 3. The van der Waals surface area contributed by atoms with E-state index in [1.54, 1.807) is 19.1 Å². The molecule has 0 saturated carbocycles. The van der Waals surface area contributed by atoms with Crippen LogP contribution in [0.2, 0.25) is 0 Å². The van der Waals surface area contributed by atoms with Gasteiger partial charge in [0.25, 0.3) is 0 Å². The summed E-state index contributed by atoms with van der Waals surface area (Å²) in [4.78, 5) is 27.3. The molecule has 0 spiro atoms. The van der Waals surface area contributed by atoms with Crippen molar-refractivity contribution in [2.75, 3.05) is 18.4 Å². The molecule has 1 saturated heterocycles. The lowest BCUT2D eigenvalue weighted by Gasteiger charge is -2.26. The number of imide groups is 1. The zero-order valence-electron chi connectivity index (χ0n) is 18.6. The molecule has 0 bridgehead atoms. The van der Waals surface area contributed by atoms with Gasteiger partial charge in [-0.2, -0.15) is 0 Å². The number of hydrogen-bond donors (Lipinski definition) is 2. The molecule has 3 amide bonds. The molecule has 172 valence electrons. The number of piperidine rings is 1. The van der Waals surface area contributed by atoms with Crippen molar-refractivity contribution >= 4 is 29.4 Å². The van der Waals surface area contributed by atoms with E-state index in [9.17, 15) is 9.59 Å². The van der Waals surface area contributed by atoms with E-state index in [4.69, 9.17) is 0 Å². The molecule has 33 heavy (non-hydrogen) atoms. The van der Waals surface area contributed by atoms with Gasteiger partial charge in [0.05, 0.1) is 11.8 Å². The molecule has 9 heteroatoms. The number of para-hydroxylation sites is 2.